The van der Waals surface area contributed by atoms with Gasteiger partial charge in [-0.05, 0) is 61.6 Å². The van der Waals surface area contributed by atoms with E-state index in [9.17, 15) is 4.79 Å². The Morgan fingerprint density at radius 3 is 2.94 bits per heavy atom. The van der Waals surface area contributed by atoms with Crippen LogP contribution in [0.2, 0.25) is 0 Å². The van der Waals surface area contributed by atoms with Crippen molar-refractivity contribution in [1.82, 2.24) is 10.3 Å². The molecule has 0 bridgehead atoms. The number of methoxy groups -OCH3 is 1. The molecule has 3 atom stereocenters. The Hall–Kier alpha value is -2.68. The number of aromatic nitrogens is 1. The van der Waals surface area contributed by atoms with Crippen molar-refractivity contribution in [2.75, 3.05) is 37.4 Å². The number of benzene rings is 1. The number of nitrogens with zero attached hydrogens (tertiary/aromatic N) is 2. The van der Waals surface area contributed by atoms with Gasteiger partial charge in [0.1, 0.15) is 9.71 Å². The number of carbonyl (C=O) groups is 1. The average molecular weight is 466 g/mol. The molecule has 174 valence electrons. The number of rotatable bonds is 5. The molecule has 3 aromatic rings. The lowest BCUT2D eigenvalue weighted by atomic mass is 9.87. The second-order valence-electron chi connectivity index (χ2n) is 9.30. The third-order valence-electron chi connectivity index (χ3n) is 6.93. The number of fused-ring (bicyclic) bond motifs is 2. The molecule has 5 N–H and O–H groups in total. The molecule has 0 saturated carbocycles. The number of aryl methyl sites for hydroxylation is 2. The fraction of sp³-hybridized carbons (Fsp3) is 0.440. The molecule has 7 nitrogen and oxygen atoms in total. The van der Waals surface area contributed by atoms with E-state index in [2.05, 4.69) is 33.4 Å². The van der Waals surface area contributed by atoms with Crippen LogP contribution in [0.3, 0.4) is 0 Å². The first-order valence-corrected chi connectivity index (χ1v) is 12.3. The Kier molecular flexibility index (Phi) is 5.99. The predicted octanol–water partition coefficient (Wildman–Crippen LogP) is 2.88. The highest BCUT2D eigenvalue weighted by atomic mass is 32.1. The zero-order valence-electron chi connectivity index (χ0n) is 19.1. The van der Waals surface area contributed by atoms with E-state index in [1.165, 1.54) is 28.2 Å². The van der Waals surface area contributed by atoms with Crippen LogP contribution >= 0.6 is 11.3 Å². The molecule has 1 aliphatic carbocycles. The molecule has 1 saturated heterocycles. The maximum absolute atomic E-state index is 13.0. The monoisotopic (exact) mass is 465 g/mol. The van der Waals surface area contributed by atoms with Gasteiger partial charge in [-0.25, -0.2) is 4.98 Å². The lowest BCUT2D eigenvalue weighted by Gasteiger charge is -2.27. The molecule has 0 spiro atoms. The third-order valence-corrected chi connectivity index (χ3v) is 8.04. The first-order chi connectivity index (χ1) is 15.9. The molecule has 0 radical (unpaired) electrons. The van der Waals surface area contributed by atoms with Gasteiger partial charge in [-0.1, -0.05) is 6.07 Å². The highest BCUT2D eigenvalue weighted by Gasteiger charge is 2.31. The zero-order valence-corrected chi connectivity index (χ0v) is 20.0. The van der Waals surface area contributed by atoms with Crippen LogP contribution in [0.4, 0.5) is 11.4 Å². The molecule has 2 aromatic heterocycles. The van der Waals surface area contributed by atoms with Crippen molar-refractivity contribution in [2.45, 2.75) is 38.3 Å². The summed E-state index contributed by atoms with van der Waals surface area (Å²) in [7, 11) is 1.73. The topological polar surface area (TPSA) is 106 Å². The standard InChI is InChI=1S/C25H31N5O2S/c1-14-3-8-20-22(27)23(33-25(20)28-14)24(31)29-18-6-4-16-10-19(7-5-15(16)9-18)30-11-17(13-32-2)21(26)12-30/h3,5,7-8,10,17-18,21H,4,6,9,11-13,26-27H2,1-2H3,(H,29,31)/t17-,18+,21-/m1/s1. The highest BCUT2D eigenvalue weighted by molar-refractivity contribution is 7.21. The van der Waals surface area contributed by atoms with Gasteiger partial charge in [0.25, 0.3) is 5.91 Å². The Bertz CT molecular complexity index is 1190. The summed E-state index contributed by atoms with van der Waals surface area (Å²) in [4.78, 5) is 21.3. The fourth-order valence-electron chi connectivity index (χ4n) is 5.07. The number of nitrogen functional groups attached to an aromatic ring is 1. The number of pyridine rings is 1. The Labute approximate surface area is 198 Å². The average Bonchev–Trinajstić information content (AvgIpc) is 3.33. The van der Waals surface area contributed by atoms with Gasteiger partial charge in [0.2, 0.25) is 0 Å². The lowest BCUT2D eigenvalue weighted by Crippen LogP contribution is -2.38. The summed E-state index contributed by atoms with van der Waals surface area (Å²) in [6, 6.07) is 10.8. The van der Waals surface area contributed by atoms with Crippen molar-refractivity contribution >= 4 is 38.8 Å². The SMILES string of the molecule is COC[C@H]1CN(c2ccc3c(c2)CC[C@H](NC(=O)c2sc4nc(C)ccc4c2N)C3)C[C@H]1N. The van der Waals surface area contributed by atoms with Crippen LogP contribution in [-0.2, 0) is 17.6 Å². The van der Waals surface area contributed by atoms with E-state index < -0.39 is 0 Å². The minimum absolute atomic E-state index is 0.0986. The molecule has 1 aliphatic heterocycles. The second-order valence-corrected chi connectivity index (χ2v) is 10.3. The number of hydrogen-bond donors (Lipinski definition) is 3. The van der Waals surface area contributed by atoms with Gasteiger partial charge in [0.15, 0.2) is 0 Å². The Balaban J connectivity index is 1.26. The van der Waals surface area contributed by atoms with Gasteiger partial charge in [-0.3, -0.25) is 4.79 Å². The number of anilines is 2. The number of nitrogens with one attached hydrogen (secondary N) is 1. The Morgan fingerprint density at radius 1 is 1.27 bits per heavy atom. The lowest BCUT2D eigenvalue weighted by molar-refractivity contribution is 0.0938. The van der Waals surface area contributed by atoms with Gasteiger partial charge < -0.3 is 26.4 Å². The molecule has 2 aliphatic rings. The summed E-state index contributed by atoms with van der Waals surface area (Å²) in [6.45, 7) is 4.42. The largest absolute Gasteiger partial charge is 0.397 e. The van der Waals surface area contributed by atoms with E-state index in [4.69, 9.17) is 16.2 Å². The van der Waals surface area contributed by atoms with Crippen LogP contribution in [0.5, 0.6) is 0 Å². The quantitative estimate of drug-likeness (QED) is 0.535. The normalized spacial score (nSPS) is 22.5. The molecule has 33 heavy (non-hydrogen) atoms. The van der Waals surface area contributed by atoms with E-state index in [0.29, 0.717) is 23.1 Å². The molecule has 5 rings (SSSR count). The summed E-state index contributed by atoms with van der Waals surface area (Å²) < 4.78 is 5.32. The van der Waals surface area contributed by atoms with Crippen molar-refractivity contribution in [1.29, 1.82) is 0 Å². The van der Waals surface area contributed by atoms with Crippen LogP contribution in [0.25, 0.3) is 10.2 Å². The second kappa shape index (κ2) is 8.93. The van der Waals surface area contributed by atoms with E-state index in [0.717, 1.165) is 48.3 Å². The van der Waals surface area contributed by atoms with Crippen LogP contribution in [0.1, 0.15) is 32.9 Å². The number of carbonyl (C=O) groups excluding carboxylic acids is 1. The summed E-state index contributed by atoms with van der Waals surface area (Å²) in [6.07, 6.45) is 2.68. The van der Waals surface area contributed by atoms with Crippen LogP contribution in [-0.4, -0.2) is 49.8 Å². The number of ether oxygens (including phenoxy) is 1. The summed E-state index contributed by atoms with van der Waals surface area (Å²) in [5, 5.41) is 4.06. The predicted molar refractivity (Wildman–Crippen MR) is 134 cm³/mol. The summed E-state index contributed by atoms with van der Waals surface area (Å²) in [5.74, 6) is 0.263. The van der Waals surface area contributed by atoms with Gasteiger partial charge in [-0.2, -0.15) is 0 Å². The number of hydrogen-bond acceptors (Lipinski definition) is 7. The Morgan fingerprint density at radius 2 is 2.12 bits per heavy atom. The van der Waals surface area contributed by atoms with E-state index in [1.54, 1.807) is 7.11 Å². The van der Waals surface area contributed by atoms with Gasteiger partial charge in [0, 0.05) is 55.0 Å². The molecular formula is C25H31N5O2S. The molecule has 8 heteroatoms. The smallest absolute Gasteiger partial charge is 0.263 e. The third kappa shape index (κ3) is 4.30. The van der Waals surface area contributed by atoms with Crippen molar-refractivity contribution in [3.8, 4) is 0 Å². The van der Waals surface area contributed by atoms with E-state index >= 15 is 0 Å². The summed E-state index contributed by atoms with van der Waals surface area (Å²) in [5.41, 5.74) is 17.9. The molecule has 1 fully saturated rings. The van der Waals surface area contributed by atoms with Crippen LogP contribution < -0.4 is 21.7 Å². The number of amides is 1. The first kappa shape index (κ1) is 22.1. The van der Waals surface area contributed by atoms with Crippen molar-refractivity contribution < 1.29 is 9.53 Å². The molecule has 0 unspecified atom stereocenters. The number of thiophene rings is 1. The van der Waals surface area contributed by atoms with Gasteiger partial charge in [0.05, 0.1) is 12.3 Å². The van der Waals surface area contributed by atoms with Gasteiger partial charge in [-0.15, -0.1) is 11.3 Å². The van der Waals surface area contributed by atoms with Crippen LogP contribution in [0, 0.1) is 12.8 Å². The maximum atomic E-state index is 13.0. The van der Waals surface area contributed by atoms with Gasteiger partial charge >= 0.3 is 0 Å². The maximum Gasteiger partial charge on any atom is 0.263 e. The van der Waals surface area contributed by atoms with E-state index in [-0.39, 0.29) is 18.0 Å². The minimum Gasteiger partial charge on any atom is -0.397 e. The van der Waals surface area contributed by atoms with Crippen molar-refractivity contribution in [3.05, 3.63) is 52.0 Å². The number of nitrogens with two attached hydrogens (primary N) is 2. The molecular weight excluding hydrogens is 434 g/mol. The minimum atomic E-state index is -0.103. The van der Waals surface area contributed by atoms with Crippen molar-refractivity contribution in [3.63, 3.8) is 0 Å². The molecule has 3 heterocycles. The summed E-state index contributed by atoms with van der Waals surface area (Å²) >= 11 is 1.37. The van der Waals surface area contributed by atoms with E-state index in [1.807, 2.05) is 19.1 Å². The fourth-order valence-corrected chi connectivity index (χ4v) is 6.11. The van der Waals surface area contributed by atoms with Crippen LogP contribution in [0.15, 0.2) is 30.3 Å². The highest BCUT2D eigenvalue weighted by Crippen LogP contribution is 2.33. The molecule has 1 amide bonds. The molecule has 1 aromatic carbocycles. The first-order valence-electron chi connectivity index (χ1n) is 11.5. The van der Waals surface area contributed by atoms with Crippen molar-refractivity contribution in [2.24, 2.45) is 11.7 Å². The zero-order chi connectivity index (χ0) is 23.1.